The van der Waals surface area contributed by atoms with Crippen LogP contribution < -0.4 is 5.32 Å². The smallest absolute Gasteiger partial charge is 0.220 e. The van der Waals surface area contributed by atoms with Gasteiger partial charge in [-0.15, -0.1) is 0 Å². The minimum Gasteiger partial charge on any atom is -0.394 e. The molecule has 0 bridgehead atoms. The standard InChI is InChI=1S/C40H77NO8/c1-3-5-7-9-11-13-15-16-17-18-19-20-21-23-25-27-29-34(43)33(32-48-40-39(47)38(46)37(45)35(31-42)49-40)41-36(44)30-28-26-24-22-14-12-10-8-6-4-2/h10,12,33-35,37-40,42-43,45-47H,3-9,11,13-32H2,1-2H3,(H,41,44)/b12-10-. The third kappa shape index (κ3) is 23.2. The molecule has 1 aliphatic rings. The van der Waals surface area contributed by atoms with E-state index in [1.54, 1.807) is 0 Å². The van der Waals surface area contributed by atoms with E-state index in [0.717, 1.165) is 57.8 Å². The van der Waals surface area contributed by atoms with Gasteiger partial charge in [0.05, 0.1) is 25.4 Å². The zero-order valence-corrected chi connectivity index (χ0v) is 31.5. The van der Waals surface area contributed by atoms with Gasteiger partial charge in [0.1, 0.15) is 24.4 Å². The number of hydrogen-bond donors (Lipinski definition) is 6. The third-order valence-electron chi connectivity index (χ3n) is 9.87. The maximum absolute atomic E-state index is 12.9. The van der Waals surface area contributed by atoms with Crippen LogP contribution in [0.3, 0.4) is 0 Å². The summed E-state index contributed by atoms with van der Waals surface area (Å²) in [5.74, 6) is -0.159. The largest absolute Gasteiger partial charge is 0.394 e. The predicted octanol–water partition coefficient (Wildman–Crippen LogP) is 7.39. The lowest BCUT2D eigenvalue weighted by atomic mass is 9.99. The molecule has 1 fully saturated rings. The number of nitrogens with one attached hydrogen (secondary N) is 1. The number of rotatable bonds is 33. The van der Waals surface area contributed by atoms with Crippen molar-refractivity contribution in [3.05, 3.63) is 12.2 Å². The van der Waals surface area contributed by atoms with E-state index in [4.69, 9.17) is 9.47 Å². The lowest BCUT2D eigenvalue weighted by Gasteiger charge is -2.40. The summed E-state index contributed by atoms with van der Waals surface area (Å²) in [6.07, 6.45) is 26.5. The molecule has 0 aromatic heterocycles. The Morgan fingerprint density at radius 2 is 1.16 bits per heavy atom. The van der Waals surface area contributed by atoms with Crippen molar-refractivity contribution < 1.29 is 39.8 Å². The fourth-order valence-corrected chi connectivity index (χ4v) is 6.49. The molecule has 0 spiro atoms. The second-order valence-electron chi connectivity index (χ2n) is 14.4. The number of allylic oxidation sites excluding steroid dienone is 2. The molecule has 1 aliphatic heterocycles. The molecule has 9 nitrogen and oxygen atoms in total. The van der Waals surface area contributed by atoms with Crippen molar-refractivity contribution in [1.82, 2.24) is 5.32 Å². The Kier molecular flexibility index (Phi) is 29.7. The van der Waals surface area contributed by atoms with Crippen molar-refractivity contribution in [1.29, 1.82) is 0 Å². The monoisotopic (exact) mass is 700 g/mol. The summed E-state index contributed by atoms with van der Waals surface area (Å²) in [4.78, 5) is 12.9. The zero-order chi connectivity index (χ0) is 36.0. The van der Waals surface area contributed by atoms with Gasteiger partial charge in [0, 0.05) is 6.42 Å². The molecule has 1 rings (SSSR count). The topological polar surface area (TPSA) is 149 Å². The Bertz CT molecular complexity index is 781. The second kappa shape index (κ2) is 31.6. The third-order valence-corrected chi connectivity index (χ3v) is 9.87. The molecular formula is C40H77NO8. The molecule has 1 saturated heterocycles. The van der Waals surface area contributed by atoms with Crippen LogP contribution in [0.4, 0.5) is 0 Å². The molecule has 7 atom stereocenters. The molecule has 0 aromatic rings. The van der Waals surface area contributed by atoms with E-state index >= 15 is 0 Å². The highest BCUT2D eigenvalue weighted by Crippen LogP contribution is 2.23. The molecule has 1 amide bonds. The summed E-state index contributed by atoms with van der Waals surface area (Å²) in [5, 5.41) is 54.1. The van der Waals surface area contributed by atoms with Gasteiger partial charge in [0.15, 0.2) is 6.29 Å². The summed E-state index contributed by atoms with van der Waals surface area (Å²) in [6.45, 7) is 3.77. The first-order valence-corrected chi connectivity index (χ1v) is 20.4. The van der Waals surface area contributed by atoms with Crippen LogP contribution in [0.1, 0.15) is 181 Å². The number of ether oxygens (including phenoxy) is 2. The van der Waals surface area contributed by atoms with Gasteiger partial charge in [0.2, 0.25) is 5.91 Å². The van der Waals surface area contributed by atoms with Crippen molar-refractivity contribution in [2.45, 2.75) is 224 Å². The lowest BCUT2D eigenvalue weighted by molar-refractivity contribution is -0.302. The van der Waals surface area contributed by atoms with Crippen molar-refractivity contribution in [2.24, 2.45) is 0 Å². The van der Waals surface area contributed by atoms with E-state index in [1.165, 1.54) is 96.3 Å². The van der Waals surface area contributed by atoms with Crippen LogP contribution in [0.5, 0.6) is 0 Å². The molecule has 0 radical (unpaired) electrons. The van der Waals surface area contributed by atoms with E-state index in [9.17, 15) is 30.3 Å². The van der Waals surface area contributed by atoms with Crippen molar-refractivity contribution >= 4 is 5.91 Å². The van der Waals surface area contributed by atoms with Crippen LogP contribution in [0.15, 0.2) is 12.2 Å². The van der Waals surface area contributed by atoms with Crippen molar-refractivity contribution in [2.75, 3.05) is 13.2 Å². The Hall–Kier alpha value is -1.07. The molecule has 0 aliphatic carbocycles. The molecule has 7 unspecified atom stereocenters. The van der Waals surface area contributed by atoms with Crippen molar-refractivity contribution in [3.8, 4) is 0 Å². The predicted molar refractivity (Wildman–Crippen MR) is 198 cm³/mol. The number of aliphatic hydroxyl groups is 5. The van der Waals surface area contributed by atoms with Gasteiger partial charge in [-0.25, -0.2) is 0 Å². The Balaban J connectivity index is 2.38. The number of amides is 1. The summed E-state index contributed by atoms with van der Waals surface area (Å²) >= 11 is 0. The van der Waals surface area contributed by atoms with Crippen LogP contribution in [-0.4, -0.2) is 87.5 Å². The van der Waals surface area contributed by atoms with E-state index in [2.05, 4.69) is 31.3 Å². The highest BCUT2D eigenvalue weighted by molar-refractivity contribution is 5.76. The van der Waals surface area contributed by atoms with Crippen LogP contribution >= 0.6 is 0 Å². The molecule has 6 N–H and O–H groups in total. The highest BCUT2D eigenvalue weighted by Gasteiger charge is 2.44. The van der Waals surface area contributed by atoms with Crippen LogP contribution in [-0.2, 0) is 14.3 Å². The molecule has 49 heavy (non-hydrogen) atoms. The summed E-state index contributed by atoms with van der Waals surface area (Å²) in [7, 11) is 0. The van der Waals surface area contributed by atoms with Gasteiger partial charge in [-0.2, -0.15) is 0 Å². The molecular weight excluding hydrogens is 622 g/mol. The Morgan fingerprint density at radius 1 is 0.673 bits per heavy atom. The normalized spacial score (nSPS) is 22.5. The van der Waals surface area contributed by atoms with Gasteiger partial charge in [0.25, 0.3) is 0 Å². The van der Waals surface area contributed by atoms with E-state index in [0.29, 0.717) is 12.8 Å². The van der Waals surface area contributed by atoms with Crippen molar-refractivity contribution in [3.63, 3.8) is 0 Å². The fourth-order valence-electron chi connectivity index (χ4n) is 6.49. The van der Waals surface area contributed by atoms with Crippen LogP contribution in [0.25, 0.3) is 0 Å². The second-order valence-corrected chi connectivity index (χ2v) is 14.4. The average Bonchev–Trinajstić information content (AvgIpc) is 3.10. The summed E-state index contributed by atoms with van der Waals surface area (Å²) < 4.78 is 11.2. The molecule has 0 aromatic carbocycles. The van der Waals surface area contributed by atoms with Gasteiger partial charge in [-0.1, -0.05) is 154 Å². The molecule has 0 saturated carbocycles. The van der Waals surface area contributed by atoms with E-state index in [1.807, 2.05) is 0 Å². The molecule has 9 heteroatoms. The van der Waals surface area contributed by atoms with Gasteiger partial charge in [-0.3, -0.25) is 4.79 Å². The van der Waals surface area contributed by atoms with Gasteiger partial charge >= 0.3 is 0 Å². The minimum absolute atomic E-state index is 0.140. The maximum atomic E-state index is 12.9. The first-order chi connectivity index (χ1) is 23.8. The van der Waals surface area contributed by atoms with Crippen LogP contribution in [0, 0.1) is 0 Å². The molecule has 290 valence electrons. The SMILES string of the molecule is CCCC/C=C\CCCCCCC(=O)NC(COC1OC(CO)C(O)C(O)C1O)C(O)CCCCCCCCCCCCCCCCCC. The number of unbranched alkanes of at least 4 members (excludes halogenated alkanes) is 21. The quantitative estimate of drug-likeness (QED) is 0.0307. The van der Waals surface area contributed by atoms with Gasteiger partial charge < -0.3 is 40.3 Å². The Labute approximate surface area is 299 Å². The highest BCUT2D eigenvalue weighted by atomic mass is 16.7. The minimum atomic E-state index is -1.55. The fraction of sp³-hybridized carbons (Fsp3) is 0.925. The number of aliphatic hydroxyl groups excluding tert-OH is 5. The first kappa shape index (κ1) is 46.0. The van der Waals surface area contributed by atoms with E-state index in [-0.39, 0.29) is 12.5 Å². The summed E-state index contributed by atoms with van der Waals surface area (Å²) in [6, 6.07) is -0.718. The van der Waals surface area contributed by atoms with E-state index < -0.39 is 49.5 Å². The van der Waals surface area contributed by atoms with Gasteiger partial charge in [-0.05, 0) is 32.1 Å². The number of carbonyl (C=O) groups is 1. The first-order valence-electron chi connectivity index (χ1n) is 20.4. The Morgan fingerprint density at radius 3 is 1.71 bits per heavy atom. The maximum Gasteiger partial charge on any atom is 0.220 e. The summed E-state index contributed by atoms with van der Waals surface area (Å²) in [5.41, 5.74) is 0. The zero-order valence-electron chi connectivity index (χ0n) is 31.5. The molecule has 1 heterocycles. The number of hydrogen-bond acceptors (Lipinski definition) is 8. The lowest BCUT2D eigenvalue weighted by Crippen LogP contribution is -2.60. The average molecular weight is 700 g/mol. The van der Waals surface area contributed by atoms with Crippen LogP contribution in [0.2, 0.25) is 0 Å². The number of carbonyl (C=O) groups excluding carboxylic acids is 1.